The first-order valence-corrected chi connectivity index (χ1v) is 22.0. The summed E-state index contributed by atoms with van der Waals surface area (Å²) in [5.41, 5.74) is 0. The van der Waals surface area contributed by atoms with Crippen LogP contribution in [0, 0.1) is 0 Å². The van der Waals surface area contributed by atoms with Crippen LogP contribution in [0.3, 0.4) is 0 Å². The van der Waals surface area contributed by atoms with E-state index in [1.54, 1.807) is 2.19 Å². The van der Waals surface area contributed by atoms with Crippen LogP contribution in [0.4, 0.5) is 0 Å². The summed E-state index contributed by atoms with van der Waals surface area (Å²) < 4.78 is 3.07. The van der Waals surface area contributed by atoms with E-state index < -0.39 is 39.8 Å². The predicted molar refractivity (Wildman–Crippen MR) is 73.3 cm³/mol. The number of hydrogen-bond donors (Lipinski definition) is 0. The Morgan fingerprint density at radius 3 is 1.14 bits per heavy atom. The van der Waals surface area contributed by atoms with Crippen LogP contribution in [-0.4, -0.2) is 39.8 Å². The van der Waals surface area contributed by atoms with Gasteiger partial charge in [-0.3, -0.25) is 0 Å². The fourth-order valence-corrected chi connectivity index (χ4v) is 63.8. The van der Waals surface area contributed by atoms with Crippen LogP contribution in [0.5, 0.6) is 0 Å². The van der Waals surface area contributed by atoms with Crippen molar-refractivity contribution in [3.63, 3.8) is 0 Å². The van der Waals surface area contributed by atoms with Crippen LogP contribution in [0.1, 0.15) is 41.5 Å². The molecule has 0 aliphatic rings. The molecule has 0 fully saturated rings. The van der Waals surface area contributed by atoms with Crippen molar-refractivity contribution < 1.29 is 0 Å². The van der Waals surface area contributed by atoms with E-state index in [1.807, 2.05) is 0 Å². The van der Waals surface area contributed by atoms with Gasteiger partial charge in [-0.1, -0.05) is 0 Å². The fourth-order valence-electron chi connectivity index (χ4n) is 2.52. The summed E-state index contributed by atoms with van der Waals surface area (Å²) in [7, 11) is 0. The SMILES string of the molecule is C[C](C)(C)[In]([CH2][Sn]([CH3])([CH3])[CH3])[C](C)(C)C. The van der Waals surface area contributed by atoms with Gasteiger partial charge in [-0.05, 0) is 0 Å². The minimum atomic E-state index is -1.55. The van der Waals surface area contributed by atoms with Crippen molar-refractivity contribution in [2.75, 3.05) is 0 Å². The van der Waals surface area contributed by atoms with Gasteiger partial charge in [-0.2, -0.15) is 0 Å². The average molecular weight is 407 g/mol. The zero-order valence-corrected chi connectivity index (χ0v) is 17.9. The van der Waals surface area contributed by atoms with Crippen LogP contribution in [0.15, 0.2) is 0 Å². The minimum absolute atomic E-state index is 0.671. The quantitative estimate of drug-likeness (QED) is 0.569. The molecule has 14 heavy (non-hydrogen) atoms. The summed E-state index contributed by atoms with van der Waals surface area (Å²) in [6.07, 6.45) is 0. The molecule has 0 unspecified atom stereocenters. The van der Waals surface area contributed by atoms with Crippen molar-refractivity contribution in [3.8, 4) is 0 Å². The van der Waals surface area contributed by atoms with Crippen LogP contribution in [-0.2, 0) is 0 Å². The molecule has 0 nitrogen and oxygen atoms in total. The van der Waals surface area contributed by atoms with E-state index in [2.05, 4.69) is 56.4 Å². The summed E-state index contributed by atoms with van der Waals surface area (Å²) >= 11 is -2.97. The van der Waals surface area contributed by atoms with Crippen LogP contribution >= 0.6 is 0 Å². The molecule has 0 spiro atoms. The van der Waals surface area contributed by atoms with Gasteiger partial charge in [-0.15, -0.1) is 0 Å². The molecule has 0 aliphatic carbocycles. The zero-order chi connectivity index (χ0) is 11.8. The second-order valence-electron chi connectivity index (χ2n) is 8.05. The molecule has 0 aromatic carbocycles. The standard InChI is InChI=1S/2C4H9.3CH3.CH2.In.Sn/c2*1-4(2)3;;;;;;/h2*1-3H3;3*1H3;1H2;;. The normalized spacial score (nSPS) is 14.4. The molecule has 0 bridgehead atoms. The van der Waals surface area contributed by atoms with E-state index >= 15 is 0 Å². The number of rotatable bonds is 2. The molecular weight excluding hydrogens is 378 g/mol. The second kappa shape index (κ2) is 4.89. The second-order valence-corrected chi connectivity index (χ2v) is 44.7. The molecule has 0 saturated heterocycles. The maximum atomic E-state index is 2.61. The Balaban J connectivity index is 4.78. The Morgan fingerprint density at radius 1 is 0.786 bits per heavy atom. The molecule has 0 atom stereocenters. The van der Waals surface area contributed by atoms with E-state index in [-0.39, 0.29) is 0 Å². The summed E-state index contributed by atoms with van der Waals surface area (Å²) in [6, 6.07) is 0. The Bertz CT molecular complexity index is 164. The van der Waals surface area contributed by atoms with Crippen molar-refractivity contribution in [2.24, 2.45) is 0 Å². The van der Waals surface area contributed by atoms with E-state index in [0.717, 1.165) is 0 Å². The monoisotopic (exact) mass is 408 g/mol. The predicted octanol–water partition coefficient (Wildman–Crippen LogP) is 4.96. The number of hydrogen-bond acceptors (Lipinski definition) is 0. The molecule has 0 radical (unpaired) electrons. The van der Waals surface area contributed by atoms with Crippen molar-refractivity contribution in [3.05, 3.63) is 0 Å². The Kier molecular flexibility index (Phi) is 5.48. The third kappa shape index (κ3) is 6.29. The average Bonchev–Trinajstić information content (AvgIpc) is 1.75. The van der Waals surface area contributed by atoms with Crippen molar-refractivity contribution in [1.82, 2.24) is 0 Å². The molecule has 84 valence electrons. The van der Waals surface area contributed by atoms with E-state index in [0.29, 0.717) is 6.34 Å². The van der Waals surface area contributed by atoms with E-state index in [9.17, 15) is 0 Å². The molecule has 0 rings (SSSR count). The maximum absolute atomic E-state index is 2.61. The van der Waals surface area contributed by atoms with Crippen LogP contribution in [0.2, 0.25) is 23.4 Å². The topological polar surface area (TPSA) is 0 Å². The van der Waals surface area contributed by atoms with Gasteiger partial charge in [0.05, 0.1) is 0 Å². The van der Waals surface area contributed by atoms with Crippen LogP contribution < -0.4 is 0 Å². The molecule has 0 amide bonds. The molecule has 0 saturated carbocycles. The summed E-state index contributed by atoms with van der Waals surface area (Å²) in [4.78, 5) is 7.82. The first-order valence-electron chi connectivity index (χ1n) is 5.84. The molecule has 0 aromatic rings. The molecular formula is C12H29InSn. The molecule has 0 aliphatic heterocycles. The van der Waals surface area contributed by atoms with Gasteiger partial charge >= 0.3 is 105 Å². The summed E-state index contributed by atoms with van der Waals surface area (Å²) in [5, 5.41) is 0. The van der Waals surface area contributed by atoms with Crippen molar-refractivity contribution >= 4 is 39.8 Å². The molecule has 2 heteroatoms. The van der Waals surface area contributed by atoms with Gasteiger partial charge in [0, 0.05) is 0 Å². The van der Waals surface area contributed by atoms with Gasteiger partial charge in [0.15, 0.2) is 0 Å². The van der Waals surface area contributed by atoms with Gasteiger partial charge in [0.25, 0.3) is 0 Å². The first kappa shape index (κ1) is 15.7. The van der Waals surface area contributed by atoms with Crippen LogP contribution in [0.25, 0.3) is 0 Å². The van der Waals surface area contributed by atoms with E-state index in [1.165, 1.54) is 0 Å². The molecule has 0 aromatic heterocycles. The molecule has 0 N–H and O–H groups in total. The zero-order valence-electron chi connectivity index (χ0n) is 11.8. The fraction of sp³-hybridized carbons (Fsp3) is 1.00. The van der Waals surface area contributed by atoms with Gasteiger partial charge in [0.1, 0.15) is 0 Å². The Labute approximate surface area is 104 Å². The Hall–Kier alpha value is 1.67. The van der Waals surface area contributed by atoms with E-state index in [4.69, 9.17) is 0 Å². The Morgan fingerprint density at radius 2 is 1.07 bits per heavy atom. The third-order valence-corrected chi connectivity index (χ3v) is 50.8. The molecule has 0 heterocycles. The van der Waals surface area contributed by atoms with Gasteiger partial charge in [-0.25, -0.2) is 0 Å². The van der Waals surface area contributed by atoms with Gasteiger partial charge < -0.3 is 0 Å². The van der Waals surface area contributed by atoms with Gasteiger partial charge in [0.2, 0.25) is 0 Å². The van der Waals surface area contributed by atoms with Crippen molar-refractivity contribution in [2.45, 2.75) is 64.9 Å². The first-order chi connectivity index (χ1) is 5.84. The third-order valence-electron chi connectivity index (χ3n) is 2.91. The summed E-state index contributed by atoms with van der Waals surface area (Å²) in [6.45, 7) is 15.0. The van der Waals surface area contributed by atoms with Crippen molar-refractivity contribution in [1.29, 1.82) is 0 Å². The summed E-state index contributed by atoms with van der Waals surface area (Å²) in [5.74, 6) is 0.